The average molecular weight is 477 g/mol. The lowest BCUT2D eigenvalue weighted by molar-refractivity contribution is -0.137. The van der Waals surface area contributed by atoms with Crippen LogP contribution in [0.1, 0.15) is 39.2 Å². The third-order valence-electron chi connectivity index (χ3n) is 5.46. The van der Waals surface area contributed by atoms with Crippen molar-refractivity contribution in [2.24, 2.45) is 0 Å². The van der Waals surface area contributed by atoms with Crippen molar-refractivity contribution >= 4 is 17.7 Å². The zero-order chi connectivity index (χ0) is 24.7. The number of anilines is 1. The molecule has 0 aliphatic carbocycles. The number of piperidine rings is 1. The number of carbonyl (C=O) groups excluding carboxylic acids is 1. The van der Waals surface area contributed by atoms with E-state index in [2.05, 4.69) is 15.5 Å². The molecule has 1 aliphatic heterocycles. The summed E-state index contributed by atoms with van der Waals surface area (Å²) in [7, 11) is 0. The van der Waals surface area contributed by atoms with E-state index in [1.165, 1.54) is 6.07 Å². The number of ether oxygens (including phenoxy) is 1. The number of hydrogen-bond donors (Lipinski definition) is 2. The van der Waals surface area contributed by atoms with Crippen molar-refractivity contribution in [3.05, 3.63) is 42.1 Å². The Balaban J connectivity index is 1.56. The maximum Gasteiger partial charge on any atom is 0.416 e. The van der Waals surface area contributed by atoms with Gasteiger partial charge in [0.2, 0.25) is 5.95 Å². The summed E-state index contributed by atoms with van der Waals surface area (Å²) in [5.41, 5.74) is -0.489. The molecule has 182 valence electrons. The number of rotatable bonds is 3. The van der Waals surface area contributed by atoms with Gasteiger partial charge in [-0.25, -0.2) is 4.79 Å². The highest BCUT2D eigenvalue weighted by Crippen LogP contribution is 2.37. The summed E-state index contributed by atoms with van der Waals surface area (Å²) in [5.74, 6) is -0.0694. The number of alkyl halides is 3. The number of carbonyl (C=O) groups is 1. The Hall–Kier alpha value is -3.50. The van der Waals surface area contributed by atoms with Gasteiger partial charge < -0.3 is 20.1 Å². The van der Waals surface area contributed by atoms with E-state index in [0.717, 1.165) is 18.9 Å². The molecule has 34 heavy (non-hydrogen) atoms. The van der Waals surface area contributed by atoms with Gasteiger partial charge in [-0.1, -0.05) is 0 Å². The zero-order valence-electron chi connectivity index (χ0n) is 19.1. The summed E-state index contributed by atoms with van der Waals surface area (Å²) in [6, 6.07) is 6.10. The molecule has 0 bridgehead atoms. The lowest BCUT2D eigenvalue weighted by Crippen LogP contribution is -2.47. The van der Waals surface area contributed by atoms with E-state index in [0.29, 0.717) is 36.3 Å². The second-order valence-corrected chi connectivity index (χ2v) is 9.28. The Bertz CT molecular complexity index is 1200. The number of aromatic hydroxyl groups is 1. The second kappa shape index (κ2) is 8.69. The summed E-state index contributed by atoms with van der Waals surface area (Å²) >= 11 is 0. The van der Waals surface area contributed by atoms with E-state index >= 15 is 0 Å². The smallest absolute Gasteiger partial charge is 0.416 e. The van der Waals surface area contributed by atoms with Gasteiger partial charge in [0.15, 0.2) is 5.65 Å². The number of aromatic nitrogens is 3. The van der Waals surface area contributed by atoms with Crippen LogP contribution in [0, 0.1) is 0 Å². The summed E-state index contributed by atoms with van der Waals surface area (Å²) in [5, 5.41) is 22.0. The van der Waals surface area contributed by atoms with Gasteiger partial charge >= 0.3 is 12.3 Å². The van der Waals surface area contributed by atoms with Crippen molar-refractivity contribution in [2.45, 2.75) is 51.4 Å². The van der Waals surface area contributed by atoms with Gasteiger partial charge in [-0.3, -0.25) is 4.40 Å². The topological polar surface area (TPSA) is 92.0 Å². The molecule has 1 amide bonds. The van der Waals surface area contributed by atoms with E-state index in [1.54, 1.807) is 27.6 Å². The molecular formula is C23H26F3N5O3. The number of phenols is 1. The molecule has 0 spiro atoms. The summed E-state index contributed by atoms with van der Waals surface area (Å²) in [4.78, 5) is 14.1. The Labute approximate surface area is 194 Å². The first kappa shape index (κ1) is 23.7. The molecule has 1 fully saturated rings. The van der Waals surface area contributed by atoms with Crippen LogP contribution < -0.4 is 5.32 Å². The molecule has 8 nitrogen and oxygen atoms in total. The zero-order valence-corrected chi connectivity index (χ0v) is 19.1. The molecule has 1 unspecified atom stereocenters. The minimum atomic E-state index is -4.55. The van der Waals surface area contributed by atoms with Gasteiger partial charge in [0, 0.05) is 36.5 Å². The summed E-state index contributed by atoms with van der Waals surface area (Å²) in [6.07, 6.45) is -1.60. The maximum atomic E-state index is 13.0. The first-order valence-corrected chi connectivity index (χ1v) is 10.9. The molecule has 4 rings (SSSR count). The highest BCUT2D eigenvalue weighted by atomic mass is 19.4. The molecular weight excluding hydrogens is 451 g/mol. The molecule has 2 N–H and O–H groups in total. The molecule has 1 atom stereocenters. The standard InChI is InChI=1S/C23H26F3N5O3/c1-22(2,3)34-21(33)30-10-4-6-15(13-30)27-20-29-28-19-17(7-5-11-31(19)20)16-9-8-14(12-18(16)32)23(24,25)26/h5,7-9,11-12,15,32H,4,6,10,13H2,1-3H3,(H,27,29). The number of nitrogens with zero attached hydrogens (tertiary/aromatic N) is 4. The predicted molar refractivity (Wildman–Crippen MR) is 120 cm³/mol. The van der Waals surface area contributed by atoms with E-state index in [4.69, 9.17) is 4.74 Å². The van der Waals surface area contributed by atoms with Gasteiger partial charge in [0.25, 0.3) is 0 Å². The average Bonchev–Trinajstić information content (AvgIpc) is 3.15. The Morgan fingerprint density at radius 3 is 2.62 bits per heavy atom. The lowest BCUT2D eigenvalue weighted by Gasteiger charge is -2.34. The van der Waals surface area contributed by atoms with Crippen LogP contribution in [0.3, 0.4) is 0 Å². The van der Waals surface area contributed by atoms with Crippen LogP contribution in [0.5, 0.6) is 5.75 Å². The number of hydrogen-bond acceptors (Lipinski definition) is 6. The molecule has 0 saturated carbocycles. The molecule has 1 aromatic carbocycles. The van der Waals surface area contributed by atoms with Crippen LogP contribution in [0.2, 0.25) is 0 Å². The van der Waals surface area contributed by atoms with Crippen molar-refractivity contribution in [2.75, 3.05) is 18.4 Å². The van der Waals surface area contributed by atoms with Crippen LogP contribution >= 0.6 is 0 Å². The molecule has 3 aromatic rings. The fraction of sp³-hybridized carbons (Fsp3) is 0.435. The van der Waals surface area contributed by atoms with E-state index in [-0.39, 0.29) is 17.7 Å². The fourth-order valence-electron chi connectivity index (χ4n) is 3.93. The quantitative estimate of drug-likeness (QED) is 0.556. The molecule has 11 heteroatoms. The number of fused-ring (bicyclic) bond motifs is 1. The highest BCUT2D eigenvalue weighted by Gasteiger charge is 2.32. The first-order chi connectivity index (χ1) is 15.9. The van der Waals surface area contributed by atoms with Gasteiger partial charge in [0.05, 0.1) is 5.56 Å². The molecule has 3 heterocycles. The van der Waals surface area contributed by atoms with Gasteiger partial charge in [-0.15, -0.1) is 10.2 Å². The largest absolute Gasteiger partial charge is 0.507 e. The third kappa shape index (κ3) is 5.02. The van der Waals surface area contributed by atoms with Crippen LogP contribution in [0.4, 0.5) is 23.9 Å². The number of amides is 1. The number of likely N-dealkylation sites (tertiary alicyclic amines) is 1. The van der Waals surface area contributed by atoms with Crippen molar-refractivity contribution in [3.63, 3.8) is 0 Å². The monoisotopic (exact) mass is 477 g/mol. The van der Waals surface area contributed by atoms with Gasteiger partial charge in [-0.2, -0.15) is 13.2 Å². The van der Waals surface area contributed by atoms with E-state index in [9.17, 15) is 23.1 Å². The third-order valence-corrected chi connectivity index (χ3v) is 5.46. The molecule has 2 aromatic heterocycles. The van der Waals surface area contributed by atoms with E-state index in [1.807, 2.05) is 20.8 Å². The normalized spacial score (nSPS) is 17.1. The van der Waals surface area contributed by atoms with Crippen molar-refractivity contribution < 1.29 is 27.8 Å². The van der Waals surface area contributed by atoms with Crippen molar-refractivity contribution in [3.8, 4) is 16.9 Å². The minimum absolute atomic E-state index is 0.0863. The lowest BCUT2D eigenvalue weighted by atomic mass is 10.0. The summed E-state index contributed by atoms with van der Waals surface area (Å²) in [6.45, 7) is 6.49. The Morgan fingerprint density at radius 1 is 1.18 bits per heavy atom. The maximum absolute atomic E-state index is 13.0. The predicted octanol–water partition coefficient (Wildman–Crippen LogP) is 4.93. The Morgan fingerprint density at radius 2 is 1.94 bits per heavy atom. The van der Waals surface area contributed by atoms with E-state index < -0.39 is 23.1 Å². The summed E-state index contributed by atoms with van der Waals surface area (Å²) < 4.78 is 46.0. The number of nitrogens with one attached hydrogen (secondary N) is 1. The van der Waals surface area contributed by atoms with Crippen LogP contribution in [0.25, 0.3) is 16.8 Å². The first-order valence-electron chi connectivity index (χ1n) is 10.9. The molecule has 1 aliphatic rings. The molecule has 1 saturated heterocycles. The van der Waals surface area contributed by atoms with Gasteiger partial charge in [-0.05, 0) is 63.9 Å². The number of halogens is 3. The fourth-order valence-corrected chi connectivity index (χ4v) is 3.93. The second-order valence-electron chi connectivity index (χ2n) is 9.28. The Kier molecular flexibility index (Phi) is 6.05. The van der Waals surface area contributed by atoms with Gasteiger partial charge in [0.1, 0.15) is 11.4 Å². The number of pyridine rings is 1. The van der Waals surface area contributed by atoms with Crippen LogP contribution in [-0.2, 0) is 10.9 Å². The number of benzene rings is 1. The minimum Gasteiger partial charge on any atom is -0.507 e. The highest BCUT2D eigenvalue weighted by molar-refractivity contribution is 5.82. The van der Waals surface area contributed by atoms with Crippen molar-refractivity contribution in [1.82, 2.24) is 19.5 Å². The van der Waals surface area contributed by atoms with Crippen LogP contribution in [-0.4, -0.2) is 55.4 Å². The number of phenolic OH excluding ortho intramolecular Hbond substituents is 1. The van der Waals surface area contributed by atoms with Crippen molar-refractivity contribution in [1.29, 1.82) is 0 Å². The van der Waals surface area contributed by atoms with Crippen LogP contribution in [0.15, 0.2) is 36.5 Å². The SMILES string of the molecule is CC(C)(C)OC(=O)N1CCCC(Nc2nnc3c(-c4ccc(C(F)(F)F)cc4O)cccn23)C1. The molecule has 0 radical (unpaired) electrons.